The van der Waals surface area contributed by atoms with Gasteiger partial charge in [-0.05, 0) is 44.2 Å². The minimum Gasteiger partial charge on any atom is -0.319 e. The van der Waals surface area contributed by atoms with Crippen LogP contribution >= 0.6 is 0 Å². The van der Waals surface area contributed by atoms with Gasteiger partial charge in [0.15, 0.2) is 0 Å². The van der Waals surface area contributed by atoms with Crippen molar-refractivity contribution in [2.24, 2.45) is 0 Å². The largest absolute Gasteiger partial charge is 0.319 e. The molecule has 1 aromatic rings. The summed E-state index contributed by atoms with van der Waals surface area (Å²) in [5.41, 5.74) is 3.78. The molecule has 1 amide bonds. The fourth-order valence-electron chi connectivity index (χ4n) is 2.98. The molecule has 1 aromatic carbocycles. The second-order valence-corrected chi connectivity index (χ2v) is 5.87. The molecule has 0 spiro atoms. The van der Waals surface area contributed by atoms with E-state index in [1.807, 2.05) is 0 Å². The van der Waals surface area contributed by atoms with E-state index < -0.39 is 0 Å². The van der Waals surface area contributed by atoms with Gasteiger partial charge in [0.05, 0.1) is 6.04 Å². The molecule has 2 unspecified atom stereocenters. The first-order chi connectivity index (χ1) is 9.11. The zero-order valence-electron chi connectivity index (χ0n) is 11.9. The zero-order valence-corrected chi connectivity index (χ0v) is 11.9. The minimum atomic E-state index is -0.00878. The van der Waals surface area contributed by atoms with Crippen LogP contribution in [0.4, 0.5) is 0 Å². The number of carbonyl (C=O) groups is 1. The normalized spacial score (nSPS) is 27.1. The number of hydrogen-bond donors (Lipinski definition) is 1. The molecule has 1 aliphatic carbocycles. The van der Waals surface area contributed by atoms with Crippen LogP contribution in [0, 0.1) is 13.8 Å². The van der Waals surface area contributed by atoms with E-state index in [0.717, 1.165) is 19.3 Å². The average Bonchev–Trinajstić information content (AvgIpc) is 3.17. The number of benzene rings is 1. The smallest absolute Gasteiger partial charge is 0.241 e. The summed E-state index contributed by atoms with van der Waals surface area (Å²) in [6.45, 7) is 6.32. The lowest BCUT2D eigenvalue weighted by molar-refractivity contribution is -0.130. The molecule has 1 heterocycles. The molecule has 1 saturated heterocycles. The lowest BCUT2D eigenvalue weighted by Crippen LogP contribution is -2.33. The molecule has 2 fully saturated rings. The Labute approximate surface area is 115 Å². The third kappa shape index (κ3) is 2.16. The van der Waals surface area contributed by atoms with Crippen LogP contribution in [0.1, 0.15) is 49.0 Å². The predicted octanol–water partition coefficient (Wildman–Crippen LogP) is 2.67. The van der Waals surface area contributed by atoms with Crippen molar-refractivity contribution in [2.75, 3.05) is 0 Å². The Morgan fingerprint density at radius 2 is 2.05 bits per heavy atom. The molecule has 1 aliphatic heterocycles. The number of carbonyl (C=O) groups excluding carboxylic acids is 1. The van der Waals surface area contributed by atoms with E-state index in [2.05, 4.69) is 49.2 Å². The Morgan fingerprint density at radius 3 is 2.68 bits per heavy atom. The quantitative estimate of drug-likeness (QED) is 0.904. The van der Waals surface area contributed by atoms with Gasteiger partial charge in [0.2, 0.25) is 5.91 Å². The van der Waals surface area contributed by atoms with Crippen LogP contribution in [0.3, 0.4) is 0 Å². The maximum absolute atomic E-state index is 12.5. The first-order valence-electron chi connectivity index (χ1n) is 7.27. The Hall–Kier alpha value is -1.35. The SMILES string of the molecule is CCC1NC(c2cc(C)ccc2C)N(C2CC2)C1=O. The van der Waals surface area contributed by atoms with Gasteiger partial charge in [-0.3, -0.25) is 10.1 Å². The maximum atomic E-state index is 12.5. The molecule has 2 atom stereocenters. The van der Waals surface area contributed by atoms with Gasteiger partial charge < -0.3 is 4.90 Å². The summed E-state index contributed by atoms with van der Waals surface area (Å²) in [7, 11) is 0. The summed E-state index contributed by atoms with van der Waals surface area (Å²) in [5.74, 6) is 0.288. The first-order valence-corrected chi connectivity index (χ1v) is 7.27. The summed E-state index contributed by atoms with van der Waals surface area (Å²) in [4.78, 5) is 14.6. The number of hydrogen-bond acceptors (Lipinski definition) is 2. The number of nitrogens with zero attached hydrogens (tertiary/aromatic N) is 1. The predicted molar refractivity (Wildman–Crippen MR) is 75.7 cm³/mol. The molecule has 1 N–H and O–H groups in total. The second-order valence-electron chi connectivity index (χ2n) is 5.87. The zero-order chi connectivity index (χ0) is 13.6. The van der Waals surface area contributed by atoms with Crippen molar-refractivity contribution in [2.45, 2.75) is 58.3 Å². The summed E-state index contributed by atoms with van der Waals surface area (Å²) in [5, 5.41) is 3.52. The molecule has 2 aliphatic rings. The maximum Gasteiger partial charge on any atom is 0.241 e. The lowest BCUT2D eigenvalue weighted by atomic mass is 10.0. The molecule has 0 bridgehead atoms. The van der Waals surface area contributed by atoms with Gasteiger partial charge in [-0.15, -0.1) is 0 Å². The van der Waals surface area contributed by atoms with E-state index in [1.54, 1.807) is 0 Å². The molecule has 3 heteroatoms. The van der Waals surface area contributed by atoms with Crippen molar-refractivity contribution in [3.63, 3.8) is 0 Å². The van der Waals surface area contributed by atoms with Gasteiger partial charge in [0, 0.05) is 6.04 Å². The highest BCUT2D eigenvalue weighted by Crippen LogP contribution is 2.38. The van der Waals surface area contributed by atoms with Crippen LogP contribution in [0.5, 0.6) is 0 Å². The molecular formula is C16H22N2O. The number of nitrogens with one attached hydrogen (secondary N) is 1. The number of rotatable bonds is 3. The lowest BCUT2D eigenvalue weighted by Gasteiger charge is -2.26. The molecule has 19 heavy (non-hydrogen) atoms. The van der Waals surface area contributed by atoms with Gasteiger partial charge in [-0.2, -0.15) is 0 Å². The highest BCUT2D eigenvalue weighted by molar-refractivity contribution is 5.85. The van der Waals surface area contributed by atoms with Crippen molar-refractivity contribution >= 4 is 5.91 Å². The molecule has 102 valence electrons. The summed E-state index contributed by atoms with van der Waals surface area (Å²) >= 11 is 0. The number of aryl methyl sites for hydroxylation is 2. The summed E-state index contributed by atoms with van der Waals surface area (Å²) in [6, 6.07) is 6.95. The third-order valence-electron chi connectivity index (χ3n) is 4.27. The van der Waals surface area contributed by atoms with Gasteiger partial charge in [-0.25, -0.2) is 0 Å². The van der Waals surface area contributed by atoms with Crippen LogP contribution in [0.2, 0.25) is 0 Å². The topological polar surface area (TPSA) is 32.3 Å². The van der Waals surface area contributed by atoms with Crippen LogP contribution in [-0.2, 0) is 4.79 Å². The van der Waals surface area contributed by atoms with E-state index in [-0.39, 0.29) is 18.1 Å². The van der Waals surface area contributed by atoms with Crippen LogP contribution < -0.4 is 5.32 Å². The summed E-state index contributed by atoms with van der Waals surface area (Å²) < 4.78 is 0. The molecule has 3 rings (SSSR count). The van der Waals surface area contributed by atoms with Crippen LogP contribution in [-0.4, -0.2) is 22.9 Å². The van der Waals surface area contributed by atoms with E-state index in [0.29, 0.717) is 6.04 Å². The van der Waals surface area contributed by atoms with Gasteiger partial charge >= 0.3 is 0 Å². The Balaban J connectivity index is 1.97. The van der Waals surface area contributed by atoms with Gasteiger partial charge in [0.25, 0.3) is 0 Å². The van der Waals surface area contributed by atoms with Gasteiger partial charge in [0.1, 0.15) is 6.17 Å². The highest BCUT2D eigenvalue weighted by atomic mass is 16.2. The average molecular weight is 258 g/mol. The van der Waals surface area contributed by atoms with Gasteiger partial charge in [-0.1, -0.05) is 30.7 Å². The second kappa shape index (κ2) is 4.64. The van der Waals surface area contributed by atoms with E-state index in [9.17, 15) is 4.79 Å². The van der Waals surface area contributed by atoms with Crippen molar-refractivity contribution in [3.8, 4) is 0 Å². The van der Waals surface area contributed by atoms with Crippen molar-refractivity contribution < 1.29 is 4.79 Å². The standard InChI is InChI=1S/C16H22N2O/c1-4-14-16(19)18(12-7-8-12)15(17-14)13-9-10(2)5-6-11(13)3/h5-6,9,12,14-15,17H,4,7-8H2,1-3H3. The Morgan fingerprint density at radius 1 is 1.32 bits per heavy atom. The summed E-state index contributed by atoms with van der Waals surface area (Å²) in [6.07, 6.45) is 3.25. The minimum absolute atomic E-state index is 0.00878. The molecule has 0 aromatic heterocycles. The molecule has 3 nitrogen and oxygen atoms in total. The molecular weight excluding hydrogens is 236 g/mol. The van der Waals surface area contributed by atoms with E-state index in [4.69, 9.17) is 0 Å². The van der Waals surface area contributed by atoms with E-state index >= 15 is 0 Å². The van der Waals surface area contributed by atoms with Crippen molar-refractivity contribution in [1.82, 2.24) is 10.2 Å². The Bertz CT molecular complexity index is 507. The Kier molecular flexibility index (Phi) is 3.09. The van der Waals surface area contributed by atoms with Crippen molar-refractivity contribution in [1.29, 1.82) is 0 Å². The van der Waals surface area contributed by atoms with Crippen molar-refractivity contribution in [3.05, 3.63) is 34.9 Å². The van der Waals surface area contributed by atoms with Crippen LogP contribution in [0.25, 0.3) is 0 Å². The monoisotopic (exact) mass is 258 g/mol. The van der Waals surface area contributed by atoms with Crippen LogP contribution in [0.15, 0.2) is 18.2 Å². The first kappa shape index (κ1) is 12.7. The fourth-order valence-corrected chi connectivity index (χ4v) is 2.98. The number of amides is 1. The third-order valence-corrected chi connectivity index (χ3v) is 4.27. The fraction of sp³-hybridized carbons (Fsp3) is 0.562. The van der Waals surface area contributed by atoms with E-state index in [1.165, 1.54) is 16.7 Å². The highest BCUT2D eigenvalue weighted by Gasteiger charge is 2.46. The molecule has 1 saturated carbocycles. The molecule has 0 radical (unpaired) electrons.